The Hall–Kier alpha value is -5.16. The molecule has 4 aromatic rings. The maximum absolute atomic E-state index is 12.6. The summed E-state index contributed by atoms with van der Waals surface area (Å²) in [6, 6.07) is 16.9. The lowest BCUT2D eigenvalue weighted by Crippen LogP contribution is -2.26. The number of carboxylic acids is 1. The first-order valence-corrected chi connectivity index (χ1v) is 15.6. The minimum atomic E-state index is -0.868. The maximum atomic E-state index is 12.6. The first-order chi connectivity index (χ1) is 22.5. The van der Waals surface area contributed by atoms with E-state index >= 15 is 0 Å². The molecule has 1 aromatic heterocycles. The van der Waals surface area contributed by atoms with Gasteiger partial charge in [-0.25, -0.2) is 0 Å². The van der Waals surface area contributed by atoms with Gasteiger partial charge in [0.25, 0.3) is 0 Å². The van der Waals surface area contributed by atoms with Gasteiger partial charge in [0, 0.05) is 18.1 Å². The van der Waals surface area contributed by atoms with E-state index in [1.807, 2.05) is 23.6 Å². The number of amides is 1. The second kappa shape index (κ2) is 15.4. The summed E-state index contributed by atoms with van der Waals surface area (Å²) >= 11 is 1.40. The van der Waals surface area contributed by atoms with Gasteiger partial charge in [-0.15, -0.1) is 11.3 Å². The summed E-state index contributed by atoms with van der Waals surface area (Å²) in [6.07, 6.45) is 1.27. The van der Waals surface area contributed by atoms with E-state index in [1.54, 1.807) is 64.7 Å². The minimum absolute atomic E-state index is 0.0282. The number of nitrogens with one attached hydrogen (secondary N) is 1. The van der Waals surface area contributed by atoms with E-state index in [0.717, 1.165) is 16.7 Å². The molecule has 0 aliphatic heterocycles. The molecule has 1 heterocycles. The molecule has 0 saturated heterocycles. The van der Waals surface area contributed by atoms with E-state index < -0.39 is 11.9 Å². The van der Waals surface area contributed by atoms with Crippen molar-refractivity contribution in [1.29, 1.82) is 0 Å². The number of fused-ring (bicyclic) bond motifs is 3. The molecular weight excluding hydrogens is 622 g/mol. The van der Waals surface area contributed by atoms with Gasteiger partial charge in [-0.3, -0.25) is 19.2 Å². The van der Waals surface area contributed by atoms with Crippen molar-refractivity contribution in [2.24, 2.45) is 0 Å². The Morgan fingerprint density at radius 3 is 2.13 bits per heavy atom. The minimum Gasteiger partial charge on any atom is -0.493 e. The van der Waals surface area contributed by atoms with Crippen LogP contribution in [0.5, 0.6) is 23.0 Å². The van der Waals surface area contributed by atoms with Crippen molar-refractivity contribution < 1.29 is 38.4 Å². The monoisotopic (exact) mass is 659 g/mol. The Bertz CT molecular complexity index is 1820. The van der Waals surface area contributed by atoms with Gasteiger partial charge in [0.05, 0.1) is 45.3 Å². The number of ether oxygens (including phenoxy) is 4. The Kier molecular flexibility index (Phi) is 11.4. The lowest BCUT2D eigenvalue weighted by molar-refractivity contribution is -0.138. The zero-order valence-corrected chi connectivity index (χ0v) is 27.9. The number of hydrogen-bond donors (Lipinski definition) is 2. The van der Waals surface area contributed by atoms with Gasteiger partial charge in [0.15, 0.2) is 17.2 Å². The van der Waals surface area contributed by atoms with E-state index in [-0.39, 0.29) is 28.9 Å². The standard InChI is InChI=1S/C22H25NO6.C14H12O3S/c1-12(24)23-16-8-6-13-10-19(27-3)21(28-4)22(29-5)20(13)14-7-9-18(26-2)17(25)11-15(14)16;1-9(14(16)17)10-4-6-11(7-5-10)13(15)12-3-2-8-18-12/h7,9-11,16H,6,8H2,1-5H3,(H,23,24);2-9H,1H3,(H,16,17)/t16-;/m0./s1. The smallest absolute Gasteiger partial charge is 0.310 e. The molecule has 246 valence electrons. The molecular formula is C36H37NO9S. The van der Waals surface area contributed by atoms with Crippen LogP contribution in [0.15, 0.2) is 70.8 Å². The van der Waals surface area contributed by atoms with Crippen LogP contribution >= 0.6 is 11.3 Å². The number of carbonyl (C=O) groups is 3. The van der Waals surface area contributed by atoms with Crippen LogP contribution in [0.4, 0.5) is 0 Å². The van der Waals surface area contributed by atoms with Gasteiger partial charge in [0.1, 0.15) is 0 Å². The van der Waals surface area contributed by atoms with E-state index in [4.69, 9.17) is 24.1 Å². The average Bonchev–Trinajstić information content (AvgIpc) is 3.51. The molecule has 0 saturated carbocycles. The number of carboxylic acid groups (broad SMARTS) is 1. The molecule has 47 heavy (non-hydrogen) atoms. The largest absolute Gasteiger partial charge is 0.493 e. The predicted octanol–water partition coefficient (Wildman–Crippen LogP) is 6.04. The highest BCUT2D eigenvalue weighted by molar-refractivity contribution is 7.12. The zero-order valence-electron chi connectivity index (χ0n) is 27.0. The van der Waals surface area contributed by atoms with Crippen LogP contribution in [0, 0.1) is 0 Å². The molecule has 0 spiro atoms. The van der Waals surface area contributed by atoms with E-state index in [9.17, 15) is 19.2 Å². The topological polar surface area (TPSA) is 137 Å². The van der Waals surface area contributed by atoms with Crippen molar-refractivity contribution in [3.05, 3.63) is 103 Å². The van der Waals surface area contributed by atoms with Gasteiger partial charge in [0.2, 0.25) is 22.9 Å². The highest BCUT2D eigenvalue weighted by Gasteiger charge is 2.29. The Morgan fingerprint density at radius 1 is 0.894 bits per heavy atom. The highest BCUT2D eigenvalue weighted by atomic mass is 32.1. The second-order valence-corrected chi connectivity index (χ2v) is 11.7. The van der Waals surface area contributed by atoms with Gasteiger partial charge in [-0.1, -0.05) is 36.4 Å². The van der Waals surface area contributed by atoms with Crippen LogP contribution in [0.3, 0.4) is 0 Å². The van der Waals surface area contributed by atoms with E-state index in [1.165, 1.54) is 31.4 Å². The summed E-state index contributed by atoms with van der Waals surface area (Å²) in [5.41, 5.74) is 4.29. The fraction of sp³-hybridized carbons (Fsp3) is 0.278. The number of ketones is 1. The molecule has 11 heteroatoms. The molecule has 1 aliphatic carbocycles. The third-order valence-corrected chi connectivity index (χ3v) is 8.75. The highest BCUT2D eigenvalue weighted by Crippen LogP contribution is 2.50. The summed E-state index contributed by atoms with van der Waals surface area (Å²) in [5, 5.41) is 13.7. The van der Waals surface area contributed by atoms with E-state index in [0.29, 0.717) is 51.7 Å². The number of aliphatic carboxylic acids is 1. The van der Waals surface area contributed by atoms with Gasteiger partial charge in [-0.05, 0) is 71.7 Å². The summed E-state index contributed by atoms with van der Waals surface area (Å²) in [5.74, 6) is 0.149. The summed E-state index contributed by atoms with van der Waals surface area (Å²) in [4.78, 5) is 48.0. The van der Waals surface area contributed by atoms with Crippen molar-refractivity contribution in [3.8, 4) is 34.1 Å². The number of methoxy groups -OCH3 is 4. The van der Waals surface area contributed by atoms with Crippen LogP contribution in [0.1, 0.15) is 64.2 Å². The lowest BCUT2D eigenvalue weighted by Gasteiger charge is -2.19. The SMILES string of the molecule is CC(C(=O)O)c1ccc(C(=O)c2cccs2)cc1.COc1cc2c(c(OC)c1OC)-c1ccc(OC)c(=O)cc1[C@@H](NC(C)=O)CC2. The van der Waals surface area contributed by atoms with Crippen LogP contribution in [-0.4, -0.2) is 51.2 Å². The number of thiophene rings is 1. The first kappa shape index (κ1) is 34.7. The number of carbonyl (C=O) groups excluding carboxylic acids is 2. The lowest BCUT2D eigenvalue weighted by atomic mass is 9.95. The van der Waals surface area contributed by atoms with Crippen molar-refractivity contribution in [2.75, 3.05) is 28.4 Å². The molecule has 1 aliphatic rings. The molecule has 3 aromatic carbocycles. The fourth-order valence-electron chi connectivity index (χ4n) is 5.48. The Balaban J connectivity index is 0.000000238. The van der Waals surface area contributed by atoms with Gasteiger partial charge < -0.3 is 29.4 Å². The molecule has 1 unspecified atom stereocenters. The molecule has 2 atom stereocenters. The fourth-order valence-corrected chi connectivity index (χ4v) is 6.16. The first-order valence-electron chi connectivity index (χ1n) is 14.8. The average molecular weight is 660 g/mol. The third kappa shape index (κ3) is 7.63. The number of rotatable bonds is 9. The zero-order chi connectivity index (χ0) is 34.2. The molecule has 5 rings (SSSR count). The second-order valence-electron chi connectivity index (χ2n) is 10.7. The summed E-state index contributed by atoms with van der Waals surface area (Å²) in [7, 11) is 6.14. The van der Waals surface area contributed by atoms with E-state index in [2.05, 4.69) is 5.32 Å². The molecule has 0 fully saturated rings. The molecule has 1 amide bonds. The third-order valence-electron chi connectivity index (χ3n) is 7.89. The van der Waals surface area contributed by atoms with Crippen molar-refractivity contribution >= 4 is 29.0 Å². The molecule has 10 nitrogen and oxygen atoms in total. The van der Waals surface area contributed by atoms with Crippen molar-refractivity contribution in [3.63, 3.8) is 0 Å². The number of benzene rings is 2. The normalized spacial score (nSPS) is 13.7. The molecule has 2 N–H and O–H groups in total. The summed E-state index contributed by atoms with van der Waals surface area (Å²) < 4.78 is 22.0. The van der Waals surface area contributed by atoms with Crippen LogP contribution in [-0.2, 0) is 16.0 Å². The summed E-state index contributed by atoms with van der Waals surface area (Å²) in [6.45, 7) is 3.09. The van der Waals surface area contributed by atoms with Crippen molar-refractivity contribution in [1.82, 2.24) is 5.32 Å². The van der Waals surface area contributed by atoms with Crippen LogP contribution in [0.2, 0.25) is 0 Å². The molecule has 0 radical (unpaired) electrons. The number of hydrogen-bond acceptors (Lipinski definition) is 9. The molecule has 0 bridgehead atoms. The van der Waals surface area contributed by atoms with Gasteiger partial charge >= 0.3 is 5.97 Å². The Labute approximate surface area is 276 Å². The van der Waals surface area contributed by atoms with Crippen LogP contribution in [0.25, 0.3) is 11.1 Å². The predicted molar refractivity (Wildman–Crippen MR) is 179 cm³/mol. The number of aryl methyl sites for hydroxylation is 1. The quantitative estimate of drug-likeness (QED) is 0.206. The maximum Gasteiger partial charge on any atom is 0.310 e. The van der Waals surface area contributed by atoms with Crippen LogP contribution < -0.4 is 29.7 Å². The Morgan fingerprint density at radius 2 is 1.57 bits per heavy atom. The van der Waals surface area contributed by atoms with Crippen molar-refractivity contribution in [2.45, 2.75) is 38.6 Å². The van der Waals surface area contributed by atoms with Gasteiger partial charge in [-0.2, -0.15) is 0 Å².